The molecule has 1 aromatic carbocycles. The van der Waals surface area contributed by atoms with Gasteiger partial charge in [0.1, 0.15) is 0 Å². The molecule has 0 N–H and O–H groups in total. The summed E-state index contributed by atoms with van der Waals surface area (Å²) in [7, 11) is 0. The van der Waals surface area contributed by atoms with Crippen molar-refractivity contribution < 1.29 is 4.65 Å². The Balaban J connectivity index is 1.95. The van der Waals surface area contributed by atoms with Gasteiger partial charge >= 0.3 is 0 Å². The van der Waals surface area contributed by atoms with Crippen LogP contribution in [0.4, 0.5) is 0 Å². The van der Waals surface area contributed by atoms with E-state index in [1.165, 1.54) is 17.5 Å². The lowest BCUT2D eigenvalue weighted by molar-refractivity contribution is -0.895. The molecular weight excluding hydrogens is 282 g/mol. The zero-order valence-electron chi connectivity index (χ0n) is 16.0. The van der Waals surface area contributed by atoms with Gasteiger partial charge in [-0.3, -0.25) is 0 Å². The van der Waals surface area contributed by atoms with Crippen LogP contribution in [0.25, 0.3) is 0 Å². The molecule has 23 heavy (non-hydrogen) atoms. The topological polar surface area (TPSA) is 23.1 Å². The van der Waals surface area contributed by atoms with Gasteiger partial charge in [-0.2, -0.15) is 0 Å². The summed E-state index contributed by atoms with van der Waals surface area (Å²) < 4.78 is 0.00818. The first-order valence-corrected chi connectivity index (χ1v) is 9.16. The van der Waals surface area contributed by atoms with Crippen LogP contribution in [0, 0.1) is 16.5 Å². The van der Waals surface area contributed by atoms with Gasteiger partial charge < -0.3 is 9.85 Å². The Labute approximate surface area is 143 Å². The third-order valence-corrected chi connectivity index (χ3v) is 5.18. The van der Waals surface area contributed by atoms with Gasteiger partial charge in [-0.1, -0.05) is 65.8 Å². The van der Waals surface area contributed by atoms with Crippen LogP contribution < -0.4 is 0 Å². The number of nitrogens with zero attached hydrogens (tertiary/aromatic N) is 1. The molecule has 2 unspecified atom stereocenters. The van der Waals surface area contributed by atoms with E-state index in [-0.39, 0.29) is 15.5 Å². The number of rotatable bonds is 4. The highest BCUT2D eigenvalue weighted by Gasteiger charge is 2.34. The number of hydrogen-bond donors (Lipinski definition) is 0. The quantitative estimate of drug-likeness (QED) is 0.546. The highest BCUT2D eigenvalue weighted by atomic mass is 16.5. The Morgan fingerprint density at radius 3 is 2.30 bits per heavy atom. The monoisotopic (exact) mass is 317 g/mol. The Morgan fingerprint density at radius 1 is 1.17 bits per heavy atom. The van der Waals surface area contributed by atoms with Crippen LogP contribution in [0.5, 0.6) is 0 Å². The molecule has 1 saturated heterocycles. The van der Waals surface area contributed by atoms with Gasteiger partial charge in [0.15, 0.2) is 0 Å². The molecule has 0 spiro atoms. The molecule has 1 aliphatic rings. The summed E-state index contributed by atoms with van der Waals surface area (Å²) in [5.41, 5.74) is 3.13. The largest absolute Gasteiger partial charge is 0.633 e. The Hall–Kier alpha value is -0.860. The molecule has 0 bridgehead atoms. The molecule has 1 fully saturated rings. The molecular formula is C21H35NO. The van der Waals surface area contributed by atoms with Crippen molar-refractivity contribution in [2.45, 2.75) is 66.2 Å². The fourth-order valence-electron chi connectivity index (χ4n) is 4.12. The van der Waals surface area contributed by atoms with Crippen LogP contribution in [0.15, 0.2) is 24.3 Å². The minimum Gasteiger partial charge on any atom is -0.633 e. The van der Waals surface area contributed by atoms with E-state index in [2.05, 4.69) is 65.8 Å². The number of quaternary nitrogens is 1. The van der Waals surface area contributed by atoms with Crippen molar-refractivity contribution in [1.82, 2.24) is 0 Å². The number of hydroxylamine groups is 3. The van der Waals surface area contributed by atoms with Gasteiger partial charge in [0, 0.05) is 11.3 Å². The van der Waals surface area contributed by atoms with Crippen molar-refractivity contribution in [3.8, 4) is 0 Å². The summed E-state index contributed by atoms with van der Waals surface area (Å²) in [6.07, 6.45) is 3.27. The Morgan fingerprint density at radius 2 is 1.78 bits per heavy atom. The maximum Gasteiger partial charge on any atom is 0.0835 e. The molecule has 1 aliphatic heterocycles. The zero-order chi connectivity index (χ0) is 17.3. The van der Waals surface area contributed by atoms with E-state index in [4.69, 9.17) is 0 Å². The molecule has 0 radical (unpaired) electrons. The predicted octanol–water partition coefficient (Wildman–Crippen LogP) is 5.30. The van der Waals surface area contributed by atoms with Crippen molar-refractivity contribution in [2.24, 2.45) is 11.3 Å². The lowest BCUT2D eigenvalue weighted by Crippen LogP contribution is -2.54. The zero-order valence-corrected chi connectivity index (χ0v) is 16.0. The van der Waals surface area contributed by atoms with Crippen LogP contribution in [-0.2, 0) is 11.8 Å². The number of hydrogen-bond acceptors (Lipinski definition) is 1. The lowest BCUT2D eigenvalue weighted by Gasteiger charge is -2.52. The number of likely N-dealkylation sites (tertiary alicyclic amines) is 1. The standard InChI is InChI=1S/C21H35NO/c1-17(15-22(23)13-7-12-21(5,6)16-22)14-18-8-10-19(11-9-18)20(2,3)4/h8-11,17H,7,12-16H2,1-6H3. The SMILES string of the molecule is CC(Cc1ccc(C(C)(C)C)cc1)C[N+]1([O-])CCCC(C)(C)C1. The van der Waals surface area contributed by atoms with Gasteiger partial charge in [-0.05, 0) is 35.8 Å². The van der Waals surface area contributed by atoms with Gasteiger partial charge in [0.2, 0.25) is 0 Å². The van der Waals surface area contributed by atoms with Crippen molar-refractivity contribution in [3.05, 3.63) is 40.6 Å². The second kappa shape index (κ2) is 6.57. The molecule has 0 aromatic heterocycles. The molecule has 2 rings (SSSR count). The van der Waals surface area contributed by atoms with Gasteiger partial charge in [-0.25, -0.2) is 0 Å². The van der Waals surface area contributed by atoms with Gasteiger partial charge in [0.05, 0.1) is 19.6 Å². The van der Waals surface area contributed by atoms with E-state index >= 15 is 0 Å². The lowest BCUT2D eigenvalue weighted by atomic mass is 9.83. The normalized spacial score (nSPS) is 26.0. The molecule has 1 aromatic rings. The average molecular weight is 318 g/mol. The van der Waals surface area contributed by atoms with E-state index in [0.29, 0.717) is 5.92 Å². The van der Waals surface area contributed by atoms with Crippen LogP contribution >= 0.6 is 0 Å². The summed E-state index contributed by atoms with van der Waals surface area (Å²) in [6.45, 7) is 15.8. The van der Waals surface area contributed by atoms with Crippen molar-refractivity contribution in [2.75, 3.05) is 19.6 Å². The fraction of sp³-hybridized carbons (Fsp3) is 0.714. The number of piperidine rings is 1. The molecule has 2 heteroatoms. The molecule has 2 nitrogen and oxygen atoms in total. The minimum atomic E-state index is 0.00818. The highest BCUT2D eigenvalue weighted by molar-refractivity contribution is 5.27. The maximum atomic E-state index is 13.1. The van der Waals surface area contributed by atoms with Crippen molar-refractivity contribution >= 4 is 0 Å². The van der Waals surface area contributed by atoms with Crippen LogP contribution in [-0.4, -0.2) is 24.3 Å². The minimum absolute atomic E-state index is 0.00818. The summed E-state index contributed by atoms with van der Waals surface area (Å²) in [6, 6.07) is 8.97. The second-order valence-corrected chi connectivity index (χ2v) is 9.65. The Kier molecular flexibility index (Phi) is 5.27. The fourth-order valence-corrected chi connectivity index (χ4v) is 4.12. The molecule has 130 valence electrons. The summed E-state index contributed by atoms with van der Waals surface area (Å²) >= 11 is 0. The van der Waals surface area contributed by atoms with E-state index in [0.717, 1.165) is 32.5 Å². The van der Waals surface area contributed by atoms with Crippen LogP contribution in [0.2, 0.25) is 0 Å². The van der Waals surface area contributed by atoms with E-state index < -0.39 is 0 Å². The summed E-state index contributed by atoms with van der Waals surface area (Å²) in [4.78, 5) is 0. The molecule has 0 saturated carbocycles. The predicted molar refractivity (Wildman–Crippen MR) is 99.3 cm³/mol. The molecule has 0 aliphatic carbocycles. The smallest absolute Gasteiger partial charge is 0.0835 e. The Bertz CT molecular complexity index is 512. The van der Waals surface area contributed by atoms with Crippen molar-refractivity contribution in [3.63, 3.8) is 0 Å². The maximum absolute atomic E-state index is 13.1. The number of benzene rings is 1. The van der Waals surface area contributed by atoms with E-state index in [1.807, 2.05) is 0 Å². The van der Waals surface area contributed by atoms with Crippen molar-refractivity contribution in [1.29, 1.82) is 0 Å². The van der Waals surface area contributed by atoms with Gasteiger partial charge in [-0.15, -0.1) is 0 Å². The van der Waals surface area contributed by atoms with Crippen LogP contribution in [0.3, 0.4) is 0 Å². The summed E-state index contributed by atoms with van der Waals surface area (Å²) in [5.74, 6) is 0.432. The first-order valence-electron chi connectivity index (χ1n) is 9.16. The molecule has 2 atom stereocenters. The molecule has 1 heterocycles. The van der Waals surface area contributed by atoms with Gasteiger partial charge in [0.25, 0.3) is 0 Å². The van der Waals surface area contributed by atoms with E-state index in [1.54, 1.807) is 0 Å². The van der Waals surface area contributed by atoms with E-state index in [9.17, 15) is 5.21 Å². The highest BCUT2D eigenvalue weighted by Crippen LogP contribution is 2.33. The van der Waals surface area contributed by atoms with Crippen LogP contribution in [0.1, 0.15) is 65.5 Å². The second-order valence-electron chi connectivity index (χ2n) is 9.65. The first kappa shape index (κ1) is 18.5. The third-order valence-electron chi connectivity index (χ3n) is 5.18. The average Bonchev–Trinajstić information content (AvgIpc) is 2.35. The molecule has 0 amide bonds. The third kappa shape index (κ3) is 5.32. The first-order chi connectivity index (χ1) is 10.5. The summed E-state index contributed by atoms with van der Waals surface area (Å²) in [5, 5.41) is 13.1.